The van der Waals surface area contributed by atoms with E-state index in [0.717, 1.165) is 0 Å². The largest absolute Gasteiger partial charge is 0.480 e. The molecule has 6 nitrogen and oxygen atoms in total. The standard InChI is InChI=1S/C17H33NO5Si/c1-15(2,3)22-14(21)18-11-12(10-17(18,7)13(19)20)23-24(8,9)16(4,5)6/h12H,10-11H2,1-9H3,(H,19,20). The molecule has 1 saturated heterocycles. The Bertz CT molecular complexity index is 506. The van der Waals surface area contributed by atoms with E-state index in [9.17, 15) is 14.7 Å². The second-order valence-corrected chi connectivity index (χ2v) is 14.1. The van der Waals surface area contributed by atoms with Crippen LogP contribution in [0.2, 0.25) is 18.1 Å². The zero-order valence-corrected chi connectivity index (χ0v) is 17.5. The van der Waals surface area contributed by atoms with Gasteiger partial charge in [-0.2, -0.15) is 0 Å². The topological polar surface area (TPSA) is 76.1 Å². The van der Waals surface area contributed by atoms with E-state index in [2.05, 4.69) is 33.9 Å². The fraction of sp³-hybridized carbons (Fsp3) is 0.882. The molecule has 1 rings (SSSR count). The van der Waals surface area contributed by atoms with Crippen molar-refractivity contribution in [3.8, 4) is 0 Å². The number of aliphatic carboxylic acids is 1. The Hall–Kier alpha value is -1.08. The van der Waals surface area contributed by atoms with Crippen molar-refractivity contribution in [1.29, 1.82) is 0 Å². The molecule has 0 aromatic rings. The van der Waals surface area contributed by atoms with E-state index in [4.69, 9.17) is 9.16 Å². The van der Waals surface area contributed by atoms with Crippen molar-refractivity contribution < 1.29 is 23.9 Å². The molecule has 1 fully saturated rings. The summed E-state index contributed by atoms with van der Waals surface area (Å²) >= 11 is 0. The summed E-state index contributed by atoms with van der Waals surface area (Å²) in [6, 6.07) is 0. The Morgan fingerprint density at radius 1 is 1.17 bits per heavy atom. The molecule has 0 aromatic heterocycles. The van der Waals surface area contributed by atoms with Crippen LogP contribution in [0.1, 0.15) is 54.9 Å². The third kappa shape index (κ3) is 4.50. The zero-order valence-electron chi connectivity index (χ0n) is 16.5. The number of likely N-dealkylation sites (tertiary alicyclic amines) is 1. The first-order valence-electron chi connectivity index (χ1n) is 8.41. The molecule has 1 aliphatic rings. The van der Waals surface area contributed by atoms with E-state index in [1.165, 1.54) is 4.90 Å². The van der Waals surface area contributed by atoms with Crippen molar-refractivity contribution in [3.05, 3.63) is 0 Å². The first-order chi connectivity index (χ1) is 10.5. The molecular weight excluding hydrogens is 326 g/mol. The predicted molar refractivity (Wildman–Crippen MR) is 95.7 cm³/mol. The van der Waals surface area contributed by atoms with Gasteiger partial charge in [-0.3, -0.25) is 4.90 Å². The molecule has 7 heteroatoms. The SMILES string of the molecule is CC(C)(C)OC(=O)N1CC(O[Si](C)(C)C(C)(C)C)CC1(C)C(=O)O. The highest BCUT2D eigenvalue weighted by Gasteiger charge is 2.53. The van der Waals surface area contributed by atoms with E-state index in [1.807, 2.05) is 0 Å². The molecule has 1 aliphatic heterocycles. The number of carbonyl (C=O) groups is 2. The van der Waals surface area contributed by atoms with Crippen molar-refractivity contribution in [1.82, 2.24) is 4.90 Å². The van der Waals surface area contributed by atoms with Crippen LogP contribution in [-0.2, 0) is 14.0 Å². The minimum Gasteiger partial charge on any atom is -0.480 e. The minimum atomic E-state index is -2.05. The van der Waals surface area contributed by atoms with Crippen molar-refractivity contribution in [2.45, 2.75) is 90.3 Å². The van der Waals surface area contributed by atoms with Gasteiger partial charge in [0, 0.05) is 6.42 Å². The molecule has 1 N–H and O–H groups in total. The summed E-state index contributed by atoms with van der Waals surface area (Å²) in [7, 11) is -2.05. The summed E-state index contributed by atoms with van der Waals surface area (Å²) in [6.45, 7) is 17.8. The van der Waals surface area contributed by atoms with Crippen molar-refractivity contribution in [2.24, 2.45) is 0 Å². The number of ether oxygens (including phenoxy) is 1. The lowest BCUT2D eigenvalue weighted by Crippen LogP contribution is -2.52. The number of nitrogens with zero attached hydrogens (tertiary/aromatic N) is 1. The van der Waals surface area contributed by atoms with Gasteiger partial charge in [0.15, 0.2) is 8.32 Å². The Morgan fingerprint density at radius 2 is 1.67 bits per heavy atom. The third-order valence-corrected chi connectivity index (χ3v) is 9.48. The third-order valence-electron chi connectivity index (χ3n) is 4.95. The monoisotopic (exact) mass is 359 g/mol. The smallest absolute Gasteiger partial charge is 0.411 e. The summed E-state index contributed by atoms with van der Waals surface area (Å²) in [5.41, 5.74) is -1.98. The molecule has 0 aromatic carbocycles. The van der Waals surface area contributed by atoms with Crippen LogP contribution in [0.15, 0.2) is 0 Å². The highest BCUT2D eigenvalue weighted by molar-refractivity contribution is 6.74. The van der Waals surface area contributed by atoms with Crippen LogP contribution < -0.4 is 0 Å². The van der Waals surface area contributed by atoms with E-state index in [-0.39, 0.29) is 24.1 Å². The van der Waals surface area contributed by atoms with Crippen LogP contribution in [-0.4, -0.2) is 54.2 Å². The number of carbonyl (C=O) groups excluding carboxylic acids is 1. The van der Waals surface area contributed by atoms with E-state index >= 15 is 0 Å². The number of hydrogen-bond acceptors (Lipinski definition) is 4. The molecule has 0 radical (unpaired) electrons. The van der Waals surface area contributed by atoms with Gasteiger partial charge in [0.25, 0.3) is 0 Å². The van der Waals surface area contributed by atoms with Gasteiger partial charge < -0.3 is 14.3 Å². The molecule has 2 atom stereocenters. The number of carboxylic acid groups (broad SMARTS) is 1. The van der Waals surface area contributed by atoms with Crippen LogP contribution in [0, 0.1) is 0 Å². The molecule has 1 amide bonds. The van der Waals surface area contributed by atoms with Crippen molar-refractivity contribution in [3.63, 3.8) is 0 Å². The second kappa shape index (κ2) is 6.33. The summed E-state index contributed by atoms with van der Waals surface area (Å²) in [4.78, 5) is 25.6. The molecule has 0 spiro atoms. The lowest BCUT2D eigenvalue weighted by atomic mass is 9.99. The maximum atomic E-state index is 12.5. The Balaban J connectivity index is 3.01. The summed E-state index contributed by atoms with van der Waals surface area (Å²) in [5.74, 6) is -1.03. The quantitative estimate of drug-likeness (QED) is 0.774. The fourth-order valence-electron chi connectivity index (χ4n) is 2.49. The molecule has 0 aliphatic carbocycles. The van der Waals surface area contributed by atoms with Gasteiger partial charge in [-0.1, -0.05) is 20.8 Å². The molecule has 0 saturated carbocycles. The number of carboxylic acids is 1. The predicted octanol–water partition coefficient (Wildman–Crippen LogP) is 3.86. The molecule has 140 valence electrons. The maximum Gasteiger partial charge on any atom is 0.411 e. The fourth-order valence-corrected chi connectivity index (χ4v) is 3.84. The zero-order chi connectivity index (χ0) is 19.1. The number of hydrogen-bond donors (Lipinski definition) is 1. The van der Waals surface area contributed by atoms with Gasteiger partial charge in [-0.25, -0.2) is 9.59 Å². The highest BCUT2D eigenvalue weighted by Crippen LogP contribution is 2.41. The van der Waals surface area contributed by atoms with E-state index in [1.54, 1.807) is 27.7 Å². The van der Waals surface area contributed by atoms with E-state index < -0.39 is 31.5 Å². The summed E-state index contributed by atoms with van der Waals surface area (Å²) in [6.07, 6.45) is -0.623. The first kappa shape index (κ1) is 21.0. The van der Waals surface area contributed by atoms with Gasteiger partial charge in [-0.15, -0.1) is 0 Å². The maximum absolute atomic E-state index is 12.5. The molecule has 1 heterocycles. The van der Waals surface area contributed by atoms with Gasteiger partial charge in [0.2, 0.25) is 0 Å². The van der Waals surface area contributed by atoms with Crippen LogP contribution in [0.3, 0.4) is 0 Å². The van der Waals surface area contributed by atoms with E-state index in [0.29, 0.717) is 0 Å². The second-order valence-electron chi connectivity index (χ2n) is 9.37. The number of rotatable bonds is 3. The van der Waals surface area contributed by atoms with Gasteiger partial charge in [0.1, 0.15) is 11.1 Å². The molecule has 0 bridgehead atoms. The lowest BCUT2D eigenvalue weighted by Gasteiger charge is -2.38. The molecule has 2 unspecified atom stereocenters. The lowest BCUT2D eigenvalue weighted by molar-refractivity contribution is -0.148. The molecule has 24 heavy (non-hydrogen) atoms. The average Bonchev–Trinajstić information content (AvgIpc) is 2.63. The van der Waals surface area contributed by atoms with Crippen LogP contribution in [0.25, 0.3) is 0 Å². The highest BCUT2D eigenvalue weighted by atomic mass is 28.4. The Kier molecular flexibility index (Phi) is 5.53. The van der Waals surface area contributed by atoms with Gasteiger partial charge in [0.05, 0.1) is 12.6 Å². The average molecular weight is 360 g/mol. The minimum absolute atomic E-state index is 0.0198. The Labute approximate surface area is 146 Å². The van der Waals surface area contributed by atoms with Crippen LogP contribution in [0.5, 0.6) is 0 Å². The summed E-state index contributed by atoms with van der Waals surface area (Å²) < 4.78 is 11.7. The normalized spacial score (nSPS) is 25.7. The van der Waals surface area contributed by atoms with Crippen LogP contribution >= 0.6 is 0 Å². The van der Waals surface area contributed by atoms with Gasteiger partial charge >= 0.3 is 12.1 Å². The number of amides is 1. The first-order valence-corrected chi connectivity index (χ1v) is 11.3. The Morgan fingerprint density at radius 3 is 2.04 bits per heavy atom. The molecular formula is C17H33NO5Si. The van der Waals surface area contributed by atoms with Crippen LogP contribution in [0.4, 0.5) is 4.79 Å². The van der Waals surface area contributed by atoms with Crippen molar-refractivity contribution in [2.75, 3.05) is 6.54 Å². The van der Waals surface area contributed by atoms with Gasteiger partial charge in [-0.05, 0) is 45.8 Å². The van der Waals surface area contributed by atoms with Crippen molar-refractivity contribution >= 4 is 20.4 Å². The summed E-state index contributed by atoms with van der Waals surface area (Å²) in [5, 5.41) is 9.69.